The average molecular weight is 337 g/mol. The first-order valence-corrected chi connectivity index (χ1v) is 6.43. The highest BCUT2D eigenvalue weighted by atomic mass is 79.9. The van der Waals surface area contributed by atoms with Gasteiger partial charge in [0.05, 0.1) is 4.47 Å². The van der Waals surface area contributed by atoms with Crippen LogP contribution in [0, 0.1) is 5.82 Å². The van der Waals surface area contributed by atoms with Crippen molar-refractivity contribution >= 4 is 33.4 Å². The Balaban J connectivity index is 2.21. The van der Waals surface area contributed by atoms with Crippen LogP contribution in [0.2, 0.25) is 0 Å². The van der Waals surface area contributed by atoms with Crippen LogP contribution in [0.3, 0.4) is 0 Å². The van der Waals surface area contributed by atoms with E-state index in [4.69, 9.17) is 5.73 Å². The molecule has 2 rings (SSSR count). The number of amides is 2. The van der Waals surface area contributed by atoms with Crippen molar-refractivity contribution in [3.63, 3.8) is 0 Å². The minimum atomic E-state index is -0.607. The van der Waals surface area contributed by atoms with Gasteiger partial charge in [0, 0.05) is 16.8 Å². The van der Waals surface area contributed by atoms with E-state index < -0.39 is 17.6 Å². The zero-order valence-electron chi connectivity index (χ0n) is 10.2. The van der Waals surface area contributed by atoms with Gasteiger partial charge in [0.25, 0.3) is 5.91 Å². The summed E-state index contributed by atoms with van der Waals surface area (Å²) in [4.78, 5) is 23.1. The van der Waals surface area contributed by atoms with Crippen molar-refractivity contribution < 1.29 is 14.0 Å². The number of nitrogens with one attached hydrogen (secondary N) is 1. The highest BCUT2D eigenvalue weighted by Crippen LogP contribution is 2.20. The summed E-state index contributed by atoms with van der Waals surface area (Å²) in [7, 11) is 0. The summed E-state index contributed by atoms with van der Waals surface area (Å²) in [6.45, 7) is 0. The second-order valence-electron chi connectivity index (χ2n) is 4.03. The maximum Gasteiger partial charge on any atom is 0.255 e. The SMILES string of the molecule is NC(=O)c1cccc(C(=O)Nc2ccc(F)c(Br)c2)c1. The molecule has 102 valence electrons. The molecule has 2 aromatic rings. The van der Waals surface area contributed by atoms with Gasteiger partial charge in [0.1, 0.15) is 5.82 Å². The van der Waals surface area contributed by atoms with E-state index in [0.29, 0.717) is 11.3 Å². The lowest BCUT2D eigenvalue weighted by Crippen LogP contribution is -2.15. The predicted octanol–water partition coefficient (Wildman–Crippen LogP) is 2.94. The highest BCUT2D eigenvalue weighted by Gasteiger charge is 2.09. The van der Waals surface area contributed by atoms with Gasteiger partial charge in [-0.1, -0.05) is 6.07 Å². The molecule has 0 aliphatic heterocycles. The number of rotatable bonds is 3. The Morgan fingerprint density at radius 1 is 1.10 bits per heavy atom. The van der Waals surface area contributed by atoms with Crippen molar-refractivity contribution in [2.45, 2.75) is 0 Å². The molecule has 0 spiro atoms. The lowest BCUT2D eigenvalue weighted by atomic mass is 10.1. The molecule has 0 atom stereocenters. The lowest BCUT2D eigenvalue weighted by Gasteiger charge is -2.07. The van der Waals surface area contributed by atoms with Crippen LogP contribution < -0.4 is 11.1 Å². The third-order valence-electron chi connectivity index (χ3n) is 2.59. The molecule has 0 saturated carbocycles. The van der Waals surface area contributed by atoms with Crippen LogP contribution in [0.1, 0.15) is 20.7 Å². The number of hydrogen-bond acceptors (Lipinski definition) is 2. The molecular weight excluding hydrogens is 327 g/mol. The highest BCUT2D eigenvalue weighted by molar-refractivity contribution is 9.10. The molecule has 3 N–H and O–H groups in total. The van der Waals surface area contributed by atoms with Crippen molar-refractivity contribution in [1.29, 1.82) is 0 Å². The van der Waals surface area contributed by atoms with Crippen LogP contribution in [0.5, 0.6) is 0 Å². The van der Waals surface area contributed by atoms with Crippen LogP contribution in [0.25, 0.3) is 0 Å². The van der Waals surface area contributed by atoms with Gasteiger partial charge in [0.2, 0.25) is 5.91 Å². The van der Waals surface area contributed by atoms with Crippen LogP contribution in [-0.4, -0.2) is 11.8 Å². The van der Waals surface area contributed by atoms with Gasteiger partial charge in [-0.05, 0) is 52.3 Å². The number of hydrogen-bond donors (Lipinski definition) is 2. The zero-order valence-corrected chi connectivity index (χ0v) is 11.8. The molecule has 4 nitrogen and oxygen atoms in total. The van der Waals surface area contributed by atoms with E-state index >= 15 is 0 Å². The van der Waals surface area contributed by atoms with Gasteiger partial charge in [0.15, 0.2) is 0 Å². The fraction of sp³-hybridized carbons (Fsp3) is 0. The molecule has 0 bridgehead atoms. The lowest BCUT2D eigenvalue weighted by molar-refractivity contribution is 0.1000. The van der Waals surface area contributed by atoms with Crippen LogP contribution >= 0.6 is 15.9 Å². The Bertz CT molecular complexity index is 689. The topological polar surface area (TPSA) is 72.2 Å². The summed E-state index contributed by atoms with van der Waals surface area (Å²) in [5.74, 6) is -1.44. The number of halogens is 2. The Labute approximate surface area is 122 Å². The van der Waals surface area contributed by atoms with Gasteiger partial charge >= 0.3 is 0 Å². The molecule has 0 saturated heterocycles. The van der Waals surface area contributed by atoms with Crippen molar-refractivity contribution in [1.82, 2.24) is 0 Å². The number of primary amides is 1. The van der Waals surface area contributed by atoms with Crippen molar-refractivity contribution in [2.75, 3.05) is 5.32 Å². The average Bonchev–Trinajstić information content (AvgIpc) is 2.43. The van der Waals surface area contributed by atoms with E-state index in [0.717, 1.165) is 0 Å². The summed E-state index contributed by atoms with van der Waals surface area (Å²) >= 11 is 3.04. The molecule has 0 aliphatic carbocycles. The second kappa shape index (κ2) is 5.83. The largest absolute Gasteiger partial charge is 0.366 e. The molecule has 0 fully saturated rings. The molecule has 0 unspecified atom stereocenters. The fourth-order valence-electron chi connectivity index (χ4n) is 1.59. The van der Waals surface area contributed by atoms with Crippen LogP contribution in [-0.2, 0) is 0 Å². The third-order valence-corrected chi connectivity index (χ3v) is 3.19. The predicted molar refractivity (Wildman–Crippen MR) is 77.0 cm³/mol. The molecule has 20 heavy (non-hydrogen) atoms. The van der Waals surface area contributed by atoms with Gasteiger partial charge in [-0.3, -0.25) is 9.59 Å². The van der Waals surface area contributed by atoms with E-state index in [1.807, 2.05) is 0 Å². The quantitative estimate of drug-likeness (QED) is 0.904. The van der Waals surface area contributed by atoms with E-state index in [-0.39, 0.29) is 10.0 Å². The van der Waals surface area contributed by atoms with Crippen LogP contribution in [0.15, 0.2) is 46.9 Å². The minimum Gasteiger partial charge on any atom is -0.366 e. The zero-order chi connectivity index (χ0) is 14.7. The van der Waals surface area contributed by atoms with E-state index in [1.54, 1.807) is 12.1 Å². The summed E-state index contributed by atoms with van der Waals surface area (Å²) in [6.07, 6.45) is 0. The number of nitrogens with two attached hydrogens (primary N) is 1. The van der Waals surface area contributed by atoms with Crippen molar-refractivity contribution in [3.05, 3.63) is 63.9 Å². The van der Waals surface area contributed by atoms with Crippen LogP contribution in [0.4, 0.5) is 10.1 Å². The second-order valence-corrected chi connectivity index (χ2v) is 4.88. The molecule has 0 radical (unpaired) electrons. The van der Waals surface area contributed by atoms with E-state index in [9.17, 15) is 14.0 Å². The Morgan fingerprint density at radius 3 is 2.45 bits per heavy atom. The smallest absolute Gasteiger partial charge is 0.255 e. The Hall–Kier alpha value is -2.21. The molecule has 0 heterocycles. The Morgan fingerprint density at radius 2 is 1.80 bits per heavy atom. The molecule has 0 aliphatic rings. The minimum absolute atomic E-state index is 0.248. The monoisotopic (exact) mass is 336 g/mol. The fourth-order valence-corrected chi connectivity index (χ4v) is 1.97. The third kappa shape index (κ3) is 3.21. The first-order chi connectivity index (χ1) is 9.47. The molecule has 2 aromatic carbocycles. The number of benzene rings is 2. The van der Waals surface area contributed by atoms with Crippen molar-refractivity contribution in [3.8, 4) is 0 Å². The summed E-state index contributed by atoms with van der Waals surface area (Å²) in [5.41, 5.74) is 6.13. The van der Waals surface area contributed by atoms with Crippen molar-refractivity contribution in [2.24, 2.45) is 5.73 Å². The molecule has 2 amide bonds. The van der Waals surface area contributed by atoms with Gasteiger partial charge < -0.3 is 11.1 Å². The normalized spacial score (nSPS) is 10.1. The number of carbonyl (C=O) groups is 2. The van der Waals surface area contributed by atoms with E-state index in [2.05, 4.69) is 21.2 Å². The molecule has 6 heteroatoms. The number of anilines is 1. The molecule has 0 aromatic heterocycles. The summed E-state index contributed by atoms with van der Waals surface area (Å²) in [6, 6.07) is 10.2. The number of carbonyl (C=O) groups excluding carboxylic acids is 2. The maximum atomic E-state index is 13.1. The Kier molecular flexibility index (Phi) is 4.14. The van der Waals surface area contributed by atoms with E-state index in [1.165, 1.54) is 30.3 Å². The first-order valence-electron chi connectivity index (χ1n) is 5.63. The summed E-state index contributed by atoms with van der Waals surface area (Å²) in [5, 5.41) is 2.60. The maximum absolute atomic E-state index is 13.1. The van der Waals surface area contributed by atoms with Gasteiger partial charge in [-0.15, -0.1) is 0 Å². The van der Waals surface area contributed by atoms with Gasteiger partial charge in [-0.2, -0.15) is 0 Å². The summed E-state index contributed by atoms with van der Waals surface area (Å²) < 4.78 is 13.3. The standard InChI is InChI=1S/C14H10BrFN2O2/c15-11-7-10(4-5-12(11)16)18-14(20)9-3-1-2-8(6-9)13(17)19/h1-7H,(H2,17,19)(H,18,20). The molecular formula is C14H10BrFN2O2. The van der Waals surface area contributed by atoms with Gasteiger partial charge in [-0.25, -0.2) is 4.39 Å². The first kappa shape index (κ1) is 14.2.